The first-order valence-electron chi connectivity index (χ1n) is 17.5. The molecule has 1 aromatic heterocycles. The van der Waals surface area contributed by atoms with Crippen LogP contribution in [0.2, 0.25) is 0 Å². The maximum absolute atomic E-state index is 11.5. The van der Waals surface area contributed by atoms with Gasteiger partial charge >= 0.3 is 0 Å². The highest BCUT2D eigenvalue weighted by molar-refractivity contribution is 5.27. The Morgan fingerprint density at radius 3 is 2.60 bits per heavy atom. The minimum absolute atomic E-state index is 0.000278. The molecule has 0 spiro atoms. The Labute approximate surface area is 256 Å². The SMILES string of the molecule is CCC[C@@]1(C)/C(=C\C(C)C)CCC2C3CCC(O)[C@@]3(CCOc3cncc(C(COC)NC4CCCCC4)c3)CCC21. The second-order valence-electron chi connectivity index (χ2n) is 14.9. The molecule has 5 nitrogen and oxygen atoms in total. The zero-order chi connectivity index (χ0) is 29.7. The molecule has 0 amide bonds. The maximum Gasteiger partial charge on any atom is 0.137 e. The summed E-state index contributed by atoms with van der Waals surface area (Å²) in [6.07, 6.45) is 23.2. The molecule has 0 aliphatic heterocycles. The summed E-state index contributed by atoms with van der Waals surface area (Å²) >= 11 is 0. The average Bonchev–Trinajstić information content (AvgIpc) is 3.31. The van der Waals surface area contributed by atoms with E-state index in [4.69, 9.17) is 9.47 Å². The molecule has 0 aromatic carbocycles. The number of nitrogens with one attached hydrogen (secondary N) is 1. The fourth-order valence-electron chi connectivity index (χ4n) is 10.2. The highest BCUT2D eigenvalue weighted by Gasteiger charge is 2.59. The van der Waals surface area contributed by atoms with Crippen molar-refractivity contribution in [2.24, 2.45) is 34.5 Å². The third kappa shape index (κ3) is 6.64. The highest BCUT2D eigenvalue weighted by atomic mass is 16.5. The third-order valence-electron chi connectivity index (χ3n) is 12.1. The molecule has 1 aromatic rings. The first kappa shape index (κ1) is 32.0. The number of hydrogen-bond donors (Lipinski definition) is 2. The van der Waals surface area contributed by atoms with E-state index in [9.17, 15) is 5.11 Å². The molecule has 7 atom stereocenters. The number of ether oxygens (including phenoxy) is 2. The molecular weight excluding hydrogens is 520 g/mol. The van der Waals surface area contributed by atoms with E-state index >= 15 is 0 Å². The molecule has 4 saturated carbocycles. The maximum atomic E-state index is 11.5. The Morgan fingerprint density at radius 1 is 1.05 bits per heavy atom. The molecule has 5 heteroatoms. The van der Waals surface area contributed by atoms with Crippen LogP contribution in [-0.4, -0.2) is 42.6 Å². The van der Waals surface area contributed by atoms with Crippen molar-refractivity contribution in [2.75, 3.05) is 20.3 Å². The predicted molar refractivity (Wildman–Crippen MR) is 172 cm³/mol. The normalized spacial score (nSPS) is 35.3. The lowest BCUT2D eigenvalue weighted by Crippen LogP contribution is -2.52. The summed E-state index contributed by atoms with van der Waals surface area (Å²) in [5, 5.41) is 15.3. The Hall–Kier alpha value is -1.43. The molecule has 42 heavy (non-hydrogen) atoms. The van der Waals surface area contributed by atoms with Crippen LogP contribution in [0.4, 0.5) is 0 Å². The van der Waals surface area contributed by atoms with Crippen LogP contribution in [-0.2, 0) is 4.74 Å². The van der Waals surface area contributed by atoms with Gasteiger partial charge in [-0.1, -0.05) is 65.0 Å². The largest absolute Gasteiger partial charge is 0.492 e. The van der Waals surface area contributed by atoms with Gasteiger partial charge in [-0.25, -0.2) is 0 Å². The Morgan fingerprint density at radius 2 is 1.86 bits per heavy atom. The van der Waals surface area contributed by atoms with Crippen LogP contribution in [0.25, 0.3) is 0 Å². The van der Waals surface area contributed by atoms with Crippen LogP contribution in [0.15, 0.2) is 30.1 Å². The Balaban J connectivity index is 1.26. The molecule has 5 unspecified atom stereocenters. The molecular formula is C37H60N2O3. The standard InChI is InChI=1S/C37H60N2O3/c1-6-17-36(4)28(21-26(2)3)12-13-31-32(36)16-18-37(33(31)14-15-35(37)40)19-20-42-30-22-27(23-38-24-30)34(25-41-5)39-29-10-8-7-9-11-29/h21-24,26,29,31-35,39-40H,6-20,25H2,1-5H3/b28-21-/t31?,32?,33?,34?,35?,36-,37+/m0/s1. The summed E-state index contributed by atoms with van der Waals surface area (Å²) in [6.45, 7) is 10.9. The first-order chi connectivity index (χ1) is 20.3. The van der Waals surface area contributed by atoms with Gasteiger partial charge in [-0.15, -0.1) is 0 Å². The molecule has 4 fully saturated rings. The Bertz CT molecular complexity index is 1040. The van der Waals surface area contributed by atoms with Crippen LogP contribution in [0, 0.1) is 34.5 Å². The van der Waals surface area contributed by atoms with Gasteiger partial charge in [-0.3, -0.25) is 4.98 Å². The summed E-state index contributed by atoms with van der Waals surface area (Å²) in [4.78, 5) is 4.57. The lowest BCUT2D eigenvalue weighted by molar-refractivity contribution is -0.0908. The molecule has 1 heterocycles. The number of rotatable bonds is 12. The van der Waals surface area contributed by atoms with Gasteiger partial charge in [0.2, 0.25) is 0 Å². The number of methoxy groups -OCH3 is 1. The van der Waals surface area contributed by atoms with Crippen molar-refractivity contribution in [1.29, 1.82) is 0 Å². The highest BCUT2D eigenvalue weighted by Crippen LogP contribution is 2.65. The fourth-order valence-corrected chi connectivity index (χ4v) is 10.2. The number of aliphatic hydroxyl groups excluding tert-OH is 1. The monoisotopic (exact) mass is 580 g/mol. The molecule has 0 saturated heterocycles. The summed E-state index contributed by atoms with van der Waals surface area (Å²) in [7, 11) is 1.78. The van der Waals surface area contributed by atoms with Crippen molar-refractivity contribution in [1.82, 2.24) is 10.3 Å². The summed E-state index contributed by atoms with van der Waals surface area (Å²) < 4.78 is 12.0. The van der Waals surface area contributed by atoms with E-state index in [2.05, 4.69) is 50.1 Å². The second kappa shape index (κ2) is 14.1. The van der Waals surface area contributed by atoms with Crippen LogP contribution in [0.1, 0.15) is 129 Å². The predicted octanol–water partition coefficient (Wildman–Crippen LogP) is 8.43. The first-order valence-corrected chi connectivity index (χ1v) is 17.5. The minimum Gasteiger partial charge on any atom is -0.492 e. The van der Waals surface area contributed by atoms with Gasteiger partial charge in [-0.2, -0.15) is 0 Å². The van der Waals surface area contributed by atoms with Crippen molar-refractivity contribution in [3.63, 3.8) is 0 Å². The van der Waals surface area contributed by atoms with Gasteiger partial charge in [0.15, 0.2) is 0 Å². The van der Waals surface area contributed by atoms with Gasteiger partial charge in [-0.05, 0) is 105 Å². The minimum atomic E-state index is -0.202. The molecule has 0 radical (unpaired) electrons. The second-order valence-corrected chi connectivity index (χ2v) is 14.9. The molecule has 4 aliphatic rings. The average molecular weight is 581 g/mol. The molecule has 4 aliphatic carbocycles. The van der Waals surface area contributed by atoms with Crippen LogP contribution < -0.4 is 10.1 Å². The van der Waals surface area contributed by atoms with Crippen molar-refractivity contribution >= 4 is 0 Å². The topological polar surface area (TPSA) is 63.6 Å². The van der Waals surface area contributed by atoms with E-state index in [0.717, 1.165) is 42.4 Å². The molecule has 2 N–H and O–H groups in total. The van der Waals surface area contributed by atoms with Crippen LogP contribution >= 0.6 is 0 Å². The van der Waals surface area contributed by atoms with E-state index < -0.39 is 0 Å². The third-order valence-corrected chi connectivity index (χ3v) is 12.1. The van der Waals surface area contributed by atoms with Gasteiger partial charge in [0.1, 0.15) is 5.75 Å². The number of fused-ring (bicyclic) bond motifs is 3. The van der Waals surface area contributed by atoms with E-state index in [1.54, 1.807) is 12.7 Å². The van der Waals surface area contributed by atoms with Crippen LogP contribution in [0.3, 0.4) is 0 Å². The lowest BCUT2D eigenvalue weighted by Gasteiger charge is -2.58. The number of nitrogens with zero attached hydrogens (tertiary/aromatic N) is 1. The summed E-state index contributed by atoms with van der Waals surface area (Å²) in [5.74, 6) is 3.53. The van der Waals surface area contributed by atoms with Crippen molar-refractivity contribution in [3.05, 3.63) is 35.7 Å². The number of hydrogen-bond acceptors (Lipinski definition) is 5. The summed E-state index contributed by atoms with van der Waals surface area (Å²) in [6, 6.07) is 2.83. The summed E-state index contributed by atoms with van der Waals surface area (Å²) in [5.41, 5.74) is 3.18. The molecule has 5 rings (SSSR count). The van der Waals surface area contributed by atoms with Gasteiger partial charge < -0.3 is 19.9 Å². The van der Waals surface area contributed by atoms with E-state index in [0.29, 0.717) is 36.5 Å². The zero-order valence-electron chi connectivity index (χ0n) is 27.4. The smallest absolute Gasteiger partial charge is 0.137 e. The lowest BCUT2D eigenvalue weighted by atomic mass is 9.47. The number of aliphatic hydroxyl groups is 1. The van der Waals surface area contributed by atoms with Gasteiger partial charge in [0.25, 0.3) is 0 Å². The number of aromatic nitrogens is 1. The quantitative estimate of drug-likeness (QED) is 0.243. The van der Waals surface area contributed by atoms with E-state index in [1.807, 2.05) is 12.4 Å². The number of allylic oxidation sites excluding steroid dienone is 2. The molecule has 0 bridgehead atoms. The Kier molecular flexibility index (Phi) is 10.7. The zero-order valence-corrected chi connectivity index (χ0v) is 27.4. The molecule has 236 valence electrons. The van der Waals surface area contributed by atoms with Crippen LogP contribution in [0.5, 0.6) is 5.75 Å². The van der Waals surface area contributed by atoms with Gasteiger partial charge in [0.05, 0.1) is 31.6 Å². The van der Waals surface area contributed by atoms with E-state index in [1.165, 1.54) is 70.6 Å². The van der Waals surface area contributed by atoms with Gasteiger partial charge in [0, 0.05) is 24.8 Å². The number of pyridine rings is 1. The van der Waals surface area contributed by atoms with E-state index in [-0.39, 0.29) is 17.6 Å². The fraction of sp³-hybridized carbons (Fsp3) is 0.811. The van der Waals surface area contributed by atoms with Crippen molar-refractivity contribution < 1.29 is 14.6 Å². The van der Waals surface area contributed by atoms with Crippen molar-refractivity contribution in [2.45, 2.75) is 136 Å². The van der Waals surface area contributed by atoms with Crippen molar-refractivity contribution in [3.8, 4) is 5.75 Å².